The quantitative estimate of drug-likeness (QED) is 0.536. The molecule has 112 valence electrons. The first kappa shape index (κ1) is 16.3. The van der Waals surface area contributed by atoms with E-state index in [0.717, 1.165) is 18.5 Å². The maximum atomic E-state index is 11.1. The SMILES string of the molecule is CCOC(=O)CCCNCc1ccc(O)c(OCC)c1. The second-order valence-electron chi connectivity index (χ2n) is 4.32. The Bertz CT molecular complexity index is 420. The fourth-order valence-electron chi connectivity index (χ4n) is 1.76. The Morgan fingerprint density at radius 1 is 1.30 bits per heavy atom. The maximum absolute atomic E-state index is 11.1. The zero-order valence-corrected chi connectivity index (χ0v) is 12.1. The van der Waals surface area contributed by atoms with E-state index in [-0.39, 0.29) is 11.7 Å². The first-order valence-corrected chi connectivity index (χ1v) is 6.98. The Morgan fingerprint density at radius 3 is 2.80 bits per heavy atom. The van der Waals surface area contributed by atoms with Gasteiger partial charge in [-0.15, -0.1) is 0 Å². The van der Waals surface area contributed by atoms with E-state index < -0.39 is 0 Å². The molecule has 0 amide bonds. The third-order valence-corrected chi connectivity index (χ3v) is 2.69. The van der Waals surface area contributed by atoms with Crippen molar-refractivity contribution in [2.45, 2.75) is 33.2 Å². The maximum Gasteiger partial charge on any atom is 0.305 e. The highest BCUT2D eigenvalue weighted by Gasteiger charge is 2.04. The van der Waals surface area contributed by atoms with Crippen LogP contribution in [0.4, 0.5) is 0 Å². The van der Waals surface area contributed by atoms with Crippen LogP contribution < -0.4 is 10.1 Å². The second-order valence-corrected chi connectivity index (χ2v) is 4.32. The van der Waals surface area contributed by atoms with Crippen molar-refractivity contribution in [1.29, 1.82) is 0 Å². The topological polar surface area (TPSA) is 67.8 Å². The van der Waals surface area contributed by atoms with E-state index >= 15 is 0 Å². The molecule has 0 fully saturated rings. The highest BCUT2D eigenvalue weighted by atomic mass is 16.5. The van der Waals surface area contributed by atoms with Gasteiger partial charge in [-0.05, 0) is 44.5 Å². The number of hydrogen-bond acceptors (Lipinski definition) is 5. The number of hydrogen-bond donors (Lipinski definition) is 2. The summed E-state index contributed by atoms with van der Waals surface area (Å²) in [5, 5.41) is 12.8. The van der Waals surface area contributed by atoms with Gasteiger partial charge in [0.2, 0.25) is 0 Å². The van der Waals surface area contributed by atoms with Crippen molar-refractivity contribution in [3.8, 4) is 11.5 Å². The number of phenols is 1. The summed E-state index contributed by atoms with van der Waals surface area (Å²) in [6.45, 7) is 6.04. The molecule has 1 aromatic rings. The minimum atomic E-state index is -0.155. The Balaban J connectivity index is 2.28. The lowest BCUT2D eigenvalue weighted by atomic mass is 10.2. The van der Waals surface area contributed by atoms with Crippen molar-refractivity contribution in [1.82, 2.24) is 5.32 Å². The van der Waals surface area contributed by atoms with Gasteiger partial charge in [-0.1, -0.05) is 6.07 Å². The highest BCUT2D eigenvalue weighted by Crippen LogP contribution is 2.26. The van der Waals surface area contributed by atoms with Gasteiger partial charge in [0.05, 0.1) is 13.2 Å². The van der Waals surface area contributed by atoms with Crippen molar-refractivity contribution < 1.29 is 19.4 Å². The van der Waals surface area contributed by atoms with Crippen molar-refractivity contribution in [2.24, 2.45) is 0 Å². The van der Waals surface area contributed by atoms with E-state index in [0.29, 0.717) is 31.9 Å². The molecule has 0 saturated carbocycles. The molecule has 5 nitrogen and oxygen atoms in total. The van der Waals surface area contributed by atoms with Crippen LogP contribution in [0.25, 0.3) is 0 Å². The van der Waals surface area contributed by atoms with Gasteiger partial charge in [0.25, 0.3) is 0 Å². The summed E-state index contributed by atoms with van der Waals surface area (Å²) in [6, 6.07) is 5.29. The zero-order chi connectivity index (χ0) is 14.8. The summed E-state index contributed by atoms with van der Waals surface area (Å²) in [6.07, 6.45) is 1.18. The van der Waals surface area contributed by atoms with Gasteiger partial charge in [-0.2, -0.15) is 0 Å². The molecule has 1 rings (SSSR count). The van der Waals surface area contributed by atoms with E-state index in [1.807, 2.05) is 19.1 Å². The molecular weight excluding hydrogens is 258 g/mol. The van der Waals surface area contributed by atoms with Crippen LogP contribution in [0.3, 0.4) is 0 Å². The summed E-state index contributed by atoms with van der Waals surface area (Å²) in [4.78, 5) is 11.1. The molecule has 0 saturated heterocycles. The molecule has 0 radical (unpaired) electrons. The molecule has 5 heteroatoms. The molecule has 0 heterocycles. The summed E-state index contributed by atoms with van der Waals surface area (Å²) in [5.74, 6) is 0.494. The molecule has 0 aliphatic rings. The average Bonchev–Trinajstić information content (AvgIpc) is 2.42. The van der Waals surface area contributed by atoms with Crippen molar-refractivity contribution in [3.63, 3.8) is 0 Å². The molecule has 0 bridgehead atoms. The fraction of sp³-hybridized carbons (Fsp3) is 0.533. The summed E-state index contributed by atoms with van der Waals surface area (Å²) < 4.78 is 10.2. The van der Waals surface area contributed by atoms with Crippen LogP contribution in [-0.2, 0) is 16.1 Å². The van der Waals surface area contributed by atoms with Crippen molar-refractivity contribution in [3.05, 3.63) is 23.8 Å². The lowest BCUT2D eigenvalue weighted by Gasteiger charge is -2.09. The van der Waals surface area contributed by atoms with E-state index in [9.17, 15) is 9.90 Å². The Labute approximate surface area is 119 Å². The molecule has 0 aliphatic heterocycles. The van der Waals surface area contributed by atoms with Crippen molar-refractivity contribution >= 4 is 5.97 Å². The van der Waals surface area contributed by atoms with Crippen LogP contribution in [0.2, 0.25) is 0 Å². The molecular formula is C15H23NO4. The molecule has 1 aromatic carbocycles. The van der Waals surface area contributed by atoms with Gasteiger partial charge in [0, 0.05) is 13.0 Å². The molecule has 0 unspecified atom stereocenters. The first-order valence-electron chi connectivity index (χ1n) is 6.98. The summed E-state index contributed by atoms with van der Waals surface area (Å²) in [7, 11) is 0. The van der Waals surface area contributed by atoms with E-state index in [1.165, 1.54) is 0 Å². The van der Waals surface area contributed by atoms with Gasteiger partial charge >= 0.3 is 5.97 Å². The molecule has 0 atom stereocenters. The minimum Gasteiger partial charge on any atom is -0.504 e. The number of carbonyl (C=O) groups is 1. The Morgan fingerprint density at radius 2 is 2.10 bits per heavy atom. The predicted octanol–water partition coefficient (Wildman–Crippen LogP) is 2.22. The molecule has 0 aliphatic carbocycles. The van der Waals surface area contributed by atoms with Crippen LogP contribution in [-0.4, -0.2) is 30.8 Å². The number of nitrogens with one attached hydrogen (secondary N) is 1. The standard InChI is InChI=1S/C15H23NO4/c1-3-19-14-10-12(7-8-13(14)17)11-16-9-5-6-15(18)20-4-2/h7-8,10,16-17H,3-6,9,11H2,1-2H3. The van der Waals surface area contributed by atoms with Gasteiger partial charge in [0.1, 0.15) is 0 Å². The lowest BCUT2D eigenvalue weighted by Crippen LogP contribution is -2.16. The van der Waals surface area contributed by atoms with E-state index in [4.69, 9.17) is 9.47 Å². The van der Waals surface area contributed by atoms with E-state index in [1.54, 1.807) is 13.0 Å². The lowest BCUT2D eigenvalue weighted by molar-refractivity contribution is -0.143. The number of ether oxygens (including phenoxy) is 2. The number of rotatable bonds is 9. The first-order chi connectivity index (χ1) is 9.67. The van der Waals surface area contributed by atoms with Crippen LogP contribution >= 0.6 is 0 Å². The van der Waals surface area contributed by atoms with E-state index in [2.05, 4.69) is 5.32 Å². The van der Waals surface area contributed by atoms with Crippen LogP contribution in [0.15, 0.2) is 18.2 Å². The smallest absolute Gasteiger partial charge is 0.305 e. The third kappa shape index (κ3) is 5.93. The Hall–Kier alpha value is -1.75. The highest BCUT2D eigenvalue weighted by molar-refractivity contribution is 5.69. The van der Waals surface area contributed by atoms with Gasteiger partial charge in [-0.3, -0.25) is 4.79 Å². The molecule has 2 N–H and O–H groups in total. The second kappa shape index (κ2) is 9.20. The normalized spacial score (nSPS) is 10.3. The number of phenolic OH excluding ortho intramolecular Hbond substituents is 1. The third-order valence-electron chi connectivity index (χ3n) is 2.69. The minimum absolute atomic E-state index is 0.151. The summed E-state index contributed by atoms with van der Waals surface area (Å²) in [5.41, 5.74) is 1.03. The molecule has 0 aromatic heterocycles. The van der Waals surface area contributed by atoms with Crippen LogP contribution in [0.1, 0.15) is 32.3 Å². The van der Waals surface area contributed by atoms with Gasteiger partial charge < -0.3 is 19.9 Å². The average molecular weight is 281 g/mol. The number of benzene rings is 1. The van der Waals surface area contributed by atoms with Gasteiger partial charge in [0.15, 0.2) is 11.5 Å². The Kier molecular flexibility index (Phi) is 7.50. The largest absolute Gasteiger partial charge is 0.504 e. The number of esters is 1. The number of aromatic hydroxyl groups is 1. The van der Waals surface area contributed by atoms with Gasteiger partial charge in [-0.25, -0.2) is 0 Å². The van der Waals surface area contributed by atoms with Crippen LogP contribution in [0.5, 0.6) is 11.5 Å². The fourth-order valence-corrected chi connectivity index (χ4v) is 1.76. The molecule has 20 heavy (non-hydrogen) atoms. The zero-order valence-electron chi connectivity index (χ0n) is 12.1. The predicted molar refractivity (Wildman–Crippen MR) is 76.8 cm³/mol. The monoisotopic (exact) mass is 281 g/mol. The molecule has 0 spiro atoms. The summed E-state index contributed by atoms with van der Waals surface area (Å²) >= 11 is 0. The van der Waals surface area contributed by atoms with Crippen molar-refractivity contribution in [2.75, 3.05) is 19.8 Å². The van der Waals surface area contributed by atoms with Crippen LogP contribution in [0, 0.1) is 0 Å². The number of carbonyl (C=O) groups excluding carboxylic acids is 1.